The highest BCUT2D eigenvalue weighted by Gasteiger charge is 2.38. The molecule has 3 rings (SSSR count). The first-order chi connectivity index (χ1) is 12.3. The van der Waals surface area contributed by atoms with E-state index in [0.717, 1.165) is 11.4 Å². The Labute approximate surface area is 153 Å². The van der Waals surface area contributed by atoms with Gasteiger partial charge >= 0.3 is 0 Å². The minimum absolute atomic E-state index is 0.0698. The fourth-order valence-corrected chi connectivity index (χ4v) is 3.32. The van der Waals surface area contributed by atoms with Crippen LogP contribution >= 0.6 is 0 Å². The van der Waals surface area contributed by atoms with Crippen molar-refractivity contribution in [2.24, 2.45) is 5.73 Å². The highest BCUT2D eigenvalue weighted by Crippen LogP contribution is 2.46. The summed E-state index contributed by atoms with van der Waals surface area (Å²) in [4.78, 5) is 25.6. The van der Waals surface area contributed by atoms with Crippen molar-refractivity contribution in [3.05, 3.63) is 71.4 Å². The Balaban J connectivity index is 1.72. The molecule has 0 spiro atoms. The van der Waals surface area contributed by atoms with Crippen molar-refractivity contribution in [2.75, 3.05) is 18.6 Å². The zero-order valence-electron chi connectivity index (χ0n) is 15.2. The number of ketones is 1. The Bertz CT molecular complexity index is 882. The summed E-state index contributed by atoms with van der Waals surface area (Å²) in [7, 11) is 1.97. The monoisotopic (exact) mass is 350 g/mol. The number of rotatable bonds is 5. The Hall–Kier alpha value is -3.08. The summed E-state index contributed by atoms with van der Waals surface area (Å²) in [5.41, 5.74) is 8.61. The lowest BCUT2D eigenvalue weighted by molar-refractivity contribution is -0.116. The van der Waals surface area contributed by atoms with Crippen LogP contribution < -0.4 is 15.4 Å². The lowest BCUT2D eigenvalue weighted by Crippen LogP contribution is -2.25. The minimum Gasteiger partial charge on any atom is -0.485 e. The van der Waals surface area contributed by atoms with Crippen molar-refractivity contribution in [1.82, 2.24) is 0 Å². The van der Waals surface area contributed by atoms with E-state index in [4.69, 9.17) is 10.5 Å². The van der Waals surface area contributed by atoms with Gasteiger partial charge in [0.25, 0.3) is 0 Å². The Morgan fingerprint density at radius 2 is 1.77 bits per heavy atom. The summed E-state index contributed by atoms with van der Waals surface area (Å²) in [6, 6.07) is 14.6. The number of primary amides is 1. The smallest absolute Gasteiger partial charge is 0.248 e. The lowest BCUT2D eigenvalue weighted by Gasteiger charge is -2.23. The van der Waals surface area contributed by atoms with Gasteiger partial charge in [-0.1, -0.05) is 32.0 Å². The number of ether oxygens (including phenoxy) is 1. The molecule has 134 valence electrons. The van der Waals surface area contributed by atoms with E-state index in [1.807, 2.05) is 19.2 Å². The van der Waals surface area contributed by atoms with Crippen molar-refractivity contribution in [2.45, 2.75) is 19.3 Å². The van der Waals surface area contributed by atoms with Gasteiger partial charge in [-0.05, 0) is 35.9 Å². The number of nitrogens with two attached hydrogens (primary N) is 1. The molecule has 0 saturated heterocycles. The molecule has 0 fully saturated rings. The predicted molar refractivity (Wildman–Crippen MR) is 101 cm³/mol. The SMILES string of the molecule is CN1/C(=C\C(=O)COc2ccc(C(N)=O)cc2)C(C)(C)c2ccccc21. The summed E-state index contributed by atoms with van der Waals surface area (Å²) in [5, 5.41) is 0. The molecular weight excluding hydrogens is 328 g/mol. The van der Waals surface area contributed by atoms with Crippen LogP contribution in [0.1, 0.15) is 29.8 Å². The van der Waals surface area contributed by atoms with Crippen LogP contribution in [0.3, 0.4) is 0 Å². The Morgan fingerprint density at radius 3 is 2.38 bits per heavy atom. The third-order valence-corrected chi connectivity index (χ3v) is 4.76. The highest BCUT2D eigenvalue weighted by atomic mass is 16.5. The number of hydrogen-bond donors (Lipinski definition) is 1. The summed E-state index contributed by atoms with van der Waals surface area (Å²) in [6.45, 7) is 4.15. The molecule has 0 radical (unpaired) electrons. The topological polar surface area (TPSA) is 72.6 Å². The van der Waals surface area contributed by atoms with Crippen molar-refractivity contribution in [3.63, 3.8) is 0 Å². The van der Waals surface area contributed by atoms with Crippen LogP contribution in [0.4, 0.5) is 5.69 Å². The molecule has 0 atom stereocenters. The molecule has 0 unspecified atom stereocenters. The molecule has 1 amide bonds. The molecule has 0 aromatic heterocycles. The lowest BCUT2D eigenvalue weighted by atomic mass is 9.83. The van der Waals surface area contributed by atoms with E-state index in [-0.39, 0.29) is 17.8 Å². The normalized spacial score (nSPS) is 16.4. The molecule has 0 aliphatic carbocycles. The number of likely N-dealkylation sites (N-methyl/N-ethyl adjacent to an activating group) is 1. The van der Waals surface area contributed by atoms with Gasteiger partial charge in [0.15, 0.2) is 12.4 Å². The molecule has 2 N–H and O–H groups in total. The van der Waals surface area contributed by atoms with Crippen molar-refractivity contribution in [1.29, 1.82) is 0 Å². The standard InChI is InChI=1S/C21H22N2O3/c1-21(2)17-6-4-5-7-18(17)23(3)19(21)12-15(24)13-26-16-10-8-14(9-11-16)20(22)25/h4-12H,13H2,1-3H3,(H2,22,25)/b19-12-. The average molecular weight is 350 g/mol. The van der Waals surface area contributed by atoms with Crippen molar-refractivity contribution < 1.29 is 14.3 Å². The molecule has 1 aliphatic heterocycles. The van der Waals surface area contributed by atoms with Crippen LogP contribution in [0.2, 0.25) is 0 Å². The summed E-state index contributed by atoms with van der Waals surface area (Å²) < 4.78 is 5.53. The first-order valence-corrected chi connectivity index (χ1v) is 8.41. The summed E-state index contributed by atoms with van der Waals surface area (Å²) in [5.74, 6) is -0.0980. The molecule has 26 heavy (non-hydrogen) atoms. The first kappa shape index (κ1) is 17.7. The fourth-order valence-electron chi connectivity index (χ4n) is 3.32. The number of fused-ring (bicyclic) bond motifs is 1. The quantitative estimate of drug-likeness (QED) is 0.841. The van der Waals surface area contributed by atoms with E-state index < -0.39 is 5.91 Å². The number of benzene rings is 2. The molecule has 0 bridgehead atoms. The maximum atomic E-state index is 12.4. The van der Waals surface area contributed by atoms with Crippen LogP contribution in [0.15, 0.2) is 60.3 Å². The largest absolute Gasteiger partial charge is 0.485 e. The molecule has 2 aromatic carbocycles. The van der Waals surface area contributed by atoms with E-state index in [9.17, 15) is 9.59 Å². The number of allylic oxidation sites excluding steroid dienone is 1. The Kier molecular flexibility index (Phi) is 4.55. The van der Waals surface area contributed by atoms with Gasteiger partial charge in [-0.2, -0.15) is 0 Å². The number of nitrogens with zero attached hydrogens (tertiary/aromatic N) is 1. The van der Waals surface area contributed by atoms with Gasteiger partial charge in [0.2, 0.25) is 5.91 Å². The summed E-state index contributed by atoms with van der Waals surface area (Å²) in [6.07, 6.45) is 1.65. The third kappa shape index (κ3) is 3.20. The second-order valence-corrected chi connectivity index (χ2v) is 6.87. The molecule has 0 saturated carbocycles. The maximum Gasteiger partial charge on any atom is 0.248 e. The van der Waals surface area contributed by atoms with E-state index in [1.54, 1.807) is 30.3 Å². The van der Waals surface area contributed by atoms with Gasteiger partial charge in [0.05, 0.1) is 0 Å². The zero-order valence-corrected chi connectivity index (χ0v) is 15.2. The van der Waals surface area contributed by atoms with Gasteiger partial charge in [0.1, 0.15) is 5.75 Å². The number of para-hydroxylation sites is 1. The molecule has 5 heteroatoms. The highest BCUT2D eigenvalue weighted by molar-refractivity contribution is 5.94. The molecule has 1 aliphatic rings. The number of carbonyl (C=O) groups is 2. The zero-order chi connectivity index (χ0) is 18.9. The van der Waals surface area contributed by atoms with Crippen molar-refractivity contribution in [3.8, 4) is 5.75 Å². The van der Waals surface area contributed by atoms with Gasteiger partial charge in [-0.15, -0.1) is 0 Å². The second kappa shape index (κ2) is 6.67. The fraction of sp³-hybridized carbons (Fsp3) is 0.238. The average Bonchev–Trinajstić information content (AvgIpc) is 2.81. The molecular formula is C21H22N2O3. The Morgan fingerprint density at radius 1 is 1.12 bits per heavy atom. The van der Waals surface area contributed by atoms with Crippen LogP contribution in [0, 0.1) is 0 Å². The predicted octanol–water partition coefficient (Wildman–Crippen LogP) is 3.04. The van der Waals surface area contributed by atoms with Crippen molar-refractivity contribution >= 4 is 17.4 Å². The molecule has 2 aromatic rings. The second-order valence-electron chi connectivity index (χ2n) is 6.87. The van der Waals surface area contributed by atoms with Gasteiger partial charge in [0, 0.05) is 35.5 Å². The number of anilines is 1. The summed E-state index contributed by atoms with van der Waals surface area (Å²) >= 11 is 0. The van der Waals surface area contributed by atoms with Crippen LogP contribution in [-0.4, -0.2) is 25.3 Å². The molecule has 5 nitrogen and oxygen atoms in total. The maximum absolute atomic E-state index is 12.4. The van der Waals surface area contributed by atoms with Crippen LogP contribution in [0.25, 0.3) is 0 Å². The first-order valence-electron chi connectivity index (χ1n) is 8.41. The minimum atomic E-state index is -0.497. The van der Waals surface area contributed by atoms with E-state index in [0.29, 0.717) is 11.3 Å². The third-order valence-electron chi connectivity index (χ3n) is 4.76. The van der Waals surface area contributed by atoms with Gasteiger partial charge in [-0.3, -0.25) is 9.59 Å². The van der Waals surface area contributed by atoms with E-state index >= 15 is 0 Å². The number of amides is 1. The number of hydrogen-bond acceptors (Lipinski definition) is 4. The van der Waals surface area contributed by atoms with Gasteiger partial charge in [-0.25, -0.2) is 0 Å². The van der Waals surface area contributed by atoms with E-state index in [1.165, 1.54) is 5.56 Å². The number of carbonyl (C=O) groups excluding carboxylic acids is 2. The van der Waals surface area contributed by atoms with Gasteiger partial charge < -0.3 is 15.4 Å². The molecule has 1 heterocycles. The van der Waals surface area contributed by atoms with Crippen LogP contribution in [0.5, 0.6) is 5.75 Å². The van der Waals surface area contributed by atoms with E-state index in [2.05, 4.69) is 30.9 Å². The van der Waals surface area contributed by atoms with Crippen LogP contribution in [-0.2, 0) is 10.2 Å².